The number of carbonyl (C=O) groups is 2. The Kier molecular flexibility index (Phi) is 4.19. The Labute approximate surface area is 144 Å². The van der Waals surface area contributed by atoms with Gasteiger partial charge >= 0.3 is 0 Å². The van der Waals surface area contributed by atoms with Crippen molar-refractivity contribution in [3.63, 3.8) is 0 Å². The Bertz CT molecular complexity index is 816. The van der Waals surface area contributed by atoms with Crippen molar-refractivity contribution in [2.24, 2.45) is 0 Å². The number of nitrogens with one attached hydrogen (secondary N) is 1. The molecule has 0 radical (unpaired) electrons. The third kappa shape index (κ3) is 3.00. The number of anilines is 1. The summed E-state index contributed by atoms with van der Waals surface area (Å²) >= 11 is 9.22. The van der Waals surface area contributed by atoms with Crippen molar-refractivity contribution in [1.29, 1.82) is 0 Å². The van der Waals surface area contributed by atoms with Gasteiger partial charge in [0.1, 0.15) is 11.4 Å². The molecule has 1 heterocycles. The minimum atomic E-state index is -0.614. The number of hydrazine groups is 1. The summed E-state index contributed by atoms with van der Waals surface area (Å²) in [5.41, 5.74) is 2.76. The second-order valence-corrected chi connectivity index (χ2v) is 6.07. The van der Waals surface area contributed by atoms with E-state index in [2.05, 4.69) is 21.4 Å². The van der Waals surface area contributed by atoms with Crippen LogP contribution in [0.2, 0.25) is 5.02 Å². The fourth-order valence-electron chi connectivity index (χ4n) is 2.12. The Morgan fingerprint density at radius 3 is 2.48 bits per heavy atom. The lowest BCUT2D eigenvalue weighted by Crippen LogP contribution is -2.35. The fourth-order valence-corrected chi connectivity index (χ4v) is 2.60. The summed E-state index contributed by atoms with van der Waals surface area (Å²) in [4.78, 5) is 24.5. The molecule has 1 N–H and O–H groups in total. The summed E-state index contributed by atoms with van der Waals surface area (Å²) in [6.07, 6.45) is 1.16. The quantitative estimate of drug-likeness (QED) is 0.623. The van der Waals surface area contributed by atoms with E-state index < -0.39 is 17.6 Å². The number of carbonyl (C=O) groups excluding carboxylic acids is 2. The van der Waals surface area contributed by atoms with Gasteiger partial charge in [-0.25, -0.2) is 9.40 Å². The number of hydrogen-bond donors (Lipinski definition) is 1. The molecule has 0 aromatic heterocycles. The van der Waals surface area contributed by atoms with Crippen molar-refractivity contribution < 1.29 is 14.0 Å². The number of benzene rings is 2. The molecule has 0 unspecified atom stereocenters. The average Bonchev–Trinajstić information content (AvgIpc) is 2.79. The maximum Gasteiger partial charge on any atom is 0.282 e. The summed E-state index contributed by atoms with van der Waals surface area (Å²) in [5, 5.41) is 1.23. The van der Waals surface area contributed by atoms with Crippen molar-refractivity contribution in [1.82, 2.24) is 5.43 Å². The smallest absolute Gasteiger partial charge is 0.267 e. The van der Waals surface area contributed by atoms with Gasteiger partial charge in [0.25, 0.3) is 11.8 Å². The molecule has 2 amide bonds. The Hall–Kier alpha value is -2.18. The lowest BCUT2D eigenvalue weighted by atomic mass is 10.1. The first-order chi connectivity index (χ1) is 11.0. The zero-order chi connectivity index (χ0) is 16.6. The van der Waals surface area contributed by atoms with E-state index in [0.29, 0.717) is 5.69 Å². The molecule has 0 atom stereocenters. The predicted molar refractivity (Wildman–Crippen MR) is 89.2 cm³/mol. The van der Waals surface area contributed by atoms with E-state index in [1.54, 1.807) is 24.3 Å². The number of rotatable bonds is 2. The first kappa shape index (κ1) is 15.7. The van der Waals surface area contributed by atoms with Gasteiger partial charge in [0, 0.05) is 10.0 Å². The number of halogens is 3. The molecule has 4 nitrogen and oxygen atoms in total. The van der Waals surface area contributed by atoms with Crippen molar-refractivity contribution >= 4 is 51.1 Å². The van der Waals surface area contributed by atoms with Gasteiger partial charge < -0.3 is 0 Å². The minimum absolute atomic E-state index is 0.00493. The second kappa shape index (κ2) is 6.14. The maximum atomic E-state index is 13.8. The lowest BCUT2D eigenvalue weighted by molar-refractivity contribution is -0.117. The van der Waals surface area contributed by atoms with Crippen LogP contribution in [0.1, 0.15) is 5.56 Å². The summed E-state index contributed by atoms with van der Waals surface area (Å²) < 4.78 is 14.7. The van der Waals surface area contributed by atoms with Crippen molar-refractivity contribution in [3.8, 4) is 0 Å². The number of amides is 2. The normalized spacial score (nSPS) is 16.1. The van der Waals surface area contributed by atoms with Gasteiger partial charge in [0.05, 0.1) is 10.7 Å². The SMILES string of the molecule is O=C1NN(c2ccc(Br)cc2)C(=O)C1=Cc1c(F)cccc1Cl. The molecule has 1 aliphatic rings. The van der Waals surface area contributed by atoms with Crippen LogP contribution in [0, 0.1) is 5.82 Å². The molecule has 23 heavy (non-hydrogen) atoms. The molecule has 3 rings (SSSR count). The highest BCUT2D eigenvalue weighted by atomic mass is 79.9. The van der Waals surface area contributed by atoms with E-state index in [1.165, 1.54) is 18.2 Å². The molecule has 0 aliphatic carbocycles. The third-order valence-corrected chi connectivity index (χ3v) is 4.12. The molecule has 1 fully saturated rings. The van der Waals surface area contributed by atoms with Crippen LogP contribution in [-0.2, 0) is 9.59 Å². The van der Waals surface area contributed by atoms with Crippen LogP contribution in [-0.4, -0.2) is 11.8 Å². The van der Waals surface area contributed by atoms with Gasteiger partial charge in [0.15, 0.2) is 0 Å². The Morgan fingerprint density at radius 1 is 1.13 bits per heavy atom. The molecule has 0 spiro atoms. The lowest BCUT2D eigenvalue weighted by Gasteiger charge is -2.14. The van der Waals surface area contributed by atoms with Crippen LogP contribution >= 0.6 is 27.5 Å². The largest absolute Gasteiger partial charge is 0.282 e. The highest BCUT2D eigenvalue weighted by Crippen LogP contribution is 2.26. The molecule has 116 valence electrons. The van der Waals surface area contributed by atoms with Gasteiger partial charge in [-0.15, -0.1) is 0 Å². The van der Waals surface area contributed by atoms with Gasteiger partial charge in [0.2, 0.25) is 0 Å². The maximum absolute atomic E-state index is 13.8. The van der Waals surface area contributed by atoms with Gasteiger partial charge in [-0.2, -0.15) is 0 Å². The first-order valence-corrected chi connectivity index (χ1v) is 7.71. The molecular weight excluding hydrogens is 387 g/mol. The van der Waals surface area contributed by atoms with E-state index in [1.807, 2.05) is 0 Å². The van der Waals surface area contributed by atoms with Gasteiger partial charge in [-0.1, -0.05) is 33.6 Å². The van der Waals surface area contributed by atoms with Crippen LogP contribution in [0.4, 0.5) is 10.1 Å². The molecule has 7 heteroatoms. The Morgan fingerprint density at radius 2 is 1.83 bits per heavy atom. The van der Waals surface area contributed by atoms with Crippen LogP contribution in [0.5, 0.6) is 0 Å². The minimum Gasteiger partial charge on any atom is -0.267 e. The van der Waals surface area contributed by atoms with Crippen LogP contribution in [0.25, 0.3) is 6.08 Å². The summed E-state index contributed by atoms with van der Waals surface area (Å²) in [5.74, 6) is -1.79. The number of hydrogen-bond acceptors (Lipinski definition) is 2. The molecule has 2 aromatic carbocycles. The van der Waals surface area contributed by atoms with Crippen molar-refractivity contribution in [2.45, 2.75) is 0 Å². The van der Waals surface area contributed by atoms with Gasteiger partial charge in [-0.05, 0) is 42.5 Å². The summed E-state index contributed by atoms with van der Waals surface area (Å²) in [6.45, 7) is 0. The first-order valence-electron chi connectivity index (χ1n) is 6.54. The topological polar surface area (TPSA) is 49.4 Å². The van der Waals surface area contributed by atoms with Crippen LogP contribution < -0.4 is 10.4 Å². The zero-order valence-electron chi connectivity index (χ0n) is 11.5. The van der Waals surface area contributed by atoms with E-state index in [0.717, 1.165) is 15.6 Å². The monoisotopic (exact) mass is 394 g/mol. The molecule has 0 bridgehead atoms. The predicted octanol–water partition coefficient (Wildman–Crippen LogP) is 3.70. The molecule has 1 aliphatic heterocycles. The molecule has 1 saturated heterocycles. The molecule has 2 aromatic rings. The van der Waals surface area contributed by atoms with E-state index >= 15 is 0 Å². The summed E-state index contributed by atoms with van der Waals surface area (Å²) in [6, 6.07) is 11.0. The molecule has 0 saturated carbocycles. The van der Waals surface area contributed by atoms with Crippen molar-refractivity contribution in [2.75, 3.05) is 5.01 Å². The Balaban J connectivity index is 1.99. The number of nitrogens with zero attached hydrogens (tertiary/aromatic N) is 1. The average molecular weight is 396 g/mol. The van der Waals surface area contributed by atoms with Gasteiger partial charge in [-0.3, -0.25) is 15.0 Å². The van der Waals surface area contributed by atoms with Crippen LogP contribution in [0.3, 0.4) is 0 Å². The summed E-state index contributed by atoms with van der Waals surface area (Å²) in [7, 11) is 0. The molecular formula is C16H9BrClFN2O2. The highest BCUT2D eigenvalue weighted by molar-refractivity contribution is 9.10. The van der Waals surface area contributed by atoms with E-state index in [-0.39, 0.29) is 16.2 Å². The second-order valence-electron chi connectivity index (χ2n) is 4.75. The van der Waals surface area contributed by atoms with E-state index in [9.17, 15) is 14.0 Å². The standard InChI is InChI=1S/C16H9BrClFN2O2/c17-9-4-6-10(7-5-9)21-16(23)12(15(22)20-21)8-11-13(18)2-1-3-14(11)19/h1-8H,(H,20,22). The van der Waals surface area contributed by atoms with E-state index in [4.69, 9.17) is 11.6 Å². The third-order valence-electron chi connectivity index (χ3n) is 3.26. The van der Waals surface area contributed by atoms with Crippen molar-refractivity contribution in [3.05, 3.63) is 68.9 Å². The fraction of sp³-hybridized carbons (Fsp3) is 0. The van der Waals surface area contributed by atoms with Crippen LogP contribution in [0.15, 0.2) is 52.5 Å². The zero-order valence-corrected chi connectivity index (χ0v) is 13.9. The highest BCUT2D eigenvalue weighted by Gasteiger charge is 2.34.